The zero-order valence-electron chi connectivity index (χ0n) is 10.8. The van der Waals surface area contributed by atoms with Gasteiger partial charge in [0.2, 0.25) is 5.91 Å². The molecule has 0 saturated carbocycles. The number of imide groups is 1. The average Bonchev–Trinajstić information content (AvgIpc) is 2.72. The van der Waals surface area contributed by atoms with Gasteiger partial charge in [-0.2, -0.15) is 17.4 Å². The number of phenolic OH excluding ortho intramolecular Hbond substituents is 1. The molecule has 8 nitrogen and oxygen atoms in total. The van der Waals surface area contributed by atoms with Crippen molar-refractivity contribution in [3.63, 3.8) is 0 Å². The minimum Gasteiger partial charge on any atom is -0.505 e. The summed E-state index contributed by atoms with van der Waals surface area (Å²) in [6.45, 7) is 0.843. The first-order valence-electron chi connectivity index (χ1n) is 5.83. The van der Waals surface area contributed by atoms with E-state index in [1.54, 1.807) is 0 Å². The number of amides is 3. The molecule has 0 spiro atoms. The van der Waals surface area contributed by atoms with E-state index in [0.29, 0.717) is 9.87 Å². The lowest BCUT2D eigenvalue weighted by Gasteiger charge is -2.19. The van der Waals surface area contributed by atoms with Gasteiger partial charge in [0.25, 0.3) is 0 Å². The molecule has 2 rings (SSSR count). The van der Waals surface area contributed by atoms with Gasteiger partial charge in [-0.05, 0) is 24.6 Å². The van der Waals surface area contributed by atoms with Gasteiger partial charge in [0, 0.05) is 6.04 Å². The van der Waals surface area contributed by atoms with E-state index in [2.05, 4.69) is 4.72 Å². The monoisotopic (exact) mass is 317 g/mol. The number of benzene rings is 1. The van der Waals surface area contributed by atoms with Crippen molar-refractivity contribution in [3.05, 3.63) is 29.6 Å². The van der Waals surface area contributed by atoms with Crippen LogP contribution in [0, 0.1) is 5.82 Å². The molecule has 3 amide bonds. The lowest BCUT2D eigenvalue weighted by Crippen LogP contribution is -2.43. The summed E-state index contributed by atoms with van der Waals surface area (Å²) < 4.78 is 39.5. The summed E-state index contributed by atoms with van der Waals surface area (Å²) in [5.41, 5.74) is 0.295. The molecular formula is C11H12FN3O5S. The number of carbonyl (C=O) groups is 2. The topological polar surface area (TPSA) is 116 Å². The van der Waals surface area contributed by atoms with E-state index >= 15 is 0 Å². The second kappa shape index (κ2) is 5.30. The Labute approximate surface area is 119 Å². The lowest BCUT2D eigenvalue weighted by molar-refractivity contribution is -0.118. The number of halogens is 1. The molecule has 0 aliphatic carbocycles. The molecule has 0 unspecified atom stereocenters. The van der Waals surface area contributed by atoms with Crippen LogP contribution in [0.15, 0.2) is 18.2 Å². The van der Waals surface area contributed by atoms with Gasteiger partial charge in [0.05, 0.1) is 0 Å². The second-order valence-corrected chi connectivity index (χ2v) is 6.04. The molecule has 1 aromatic carbocycles. The molecule has 10 heteroatoms. The Balaban J connectivity index is 2.18. The molecule has 3 N–H and O–H groups in total. The first-order valence-corrected chi connectivity index (χ1v) is 7.27. The van der Waals surface area contributed by atoms with Crippen molar-refractivity contribution in [2.75, 3.05) is 6.54 Å². The summed E-state index contributed by atoms with van der Waals surface area (Å²) in [5.74, 6) is -2.18. The van der Waals surface area contributed by atoms with Crippen molar-refractivity contribution in [1.29, 1.82) is 0 Å². The van der Waals surface area contributed by atoms with E-state index in [9.17, 15) is 27.5 Å². The molecule has 114 valence electrons. The van der Waals surface area contributed by atoms with Crippen molar-refractivity contribution in [1.82, 2.24) is 14.3 Å². The van der Waals surface area contributed by atoms with Crippen LogP contribution in [0.2, 0.25) is 0 Å². The Morgan fingerprint density at radius 2 is 2.10 bits per heavy atom. The van der Waals surface area contributed by atoms with E-state index in [-0.39, 0.29) is 0 Å². The van der Waals surface area contributed by atoms with Crippen LogP contribution in [0.5, 0.6) is 5.75 Å². The van der Waals surface area contributed by atoms with Crippen molar-refractivity contribution >= 4 is 22.1 Å². The molecule has 1 aliphatic rings. The third-order valence-electron chi connectivity index (χ3n) is 2.85. The number of hydrogen-bond acceptors (Lipinski definition) is 5. The zero-order valence-corrected chi connectivity index (χ0v) is 11.6. The Bertz CT molecular complexity index is 706. The lowest BCUT2D eigenvalue weighted by atomic mass is 10.1. The number of rotatable bonds is 4. The third kappa shape index (κ3) is 3.11. The Morgan fingerprint density at radius 3 is 2.62 bits per heavy atom. The summed E-state index contributed by atoms with van der Waals surface area (Å²) in [6.07, 6.45) is 0. The molecular weight excluding hydrogens is 305 g/mol. The van der Waals surface area contributed by atoms with Crippen LogP contribution in [-0.4, -0.2) is 36.3 Å². The van der Waals surface area contributed by atoms with Gasteiger partial charge in [-0.1, -0.05) is 6.07 Å². The van der Waals surface area contributed by atoms with Gasteiger partial charge < -0.3 is 5.11 Å². The smallest absolute Gasteiger partial charge is 0.339 e. The standard InChI is InChI=1S/C11H12FN3O5S/c1-6(7-2-3-8(12)9(16)4-7)14-21(19,20)15-5-10(17)13-11(15)18/h2-4,6,14,16H,5H2,1H3,(H,13,17,18)/t6-/m1/s1. The molecule has 1 fully saturated rings. The summed E-state index contributed by atoms with van der Waals surface area (Å²) in [5, 5.41) is 11.1. The number of aromatic hydroxyl groups is 1. The highest BCUT2D eigenvalue weighted by Crippen LogP contribution is 2.22. The van der Waals surface area contributed by atoms with Gasteiger partial charge in [-0.3, -0.25) is 10.1 Å². The first-order chi connectivity index (χ1) is 9.70. The molecule has 1 aromatic rings. The highest BCUT2D eigenvalue weighted by molar-refractivity contribution is 7.87. The largest absolute Gasteiger partial charge is 0.505 e. The Kier molecular flexibility index (Phi) is 3.83. The van der Waals surface area contributed by atoms with Crippen LogP contribution in [0.25, 0.3) is 0 Å². The molecule has 1 saturated heterocycles. The van der Waals surface area contributed by atoms with Crippen molar-refractivity contribution in [2.45, 2.75) is 13.0 Å². The summed E-state index contributed by atoms with van der Waals surface area (Å²) in [4.78, 5) is 22.3. The maximum Gasteiger partial charge on any atom is 0.339 e. The quantitative estimate of drug-likeness (QED) is 0.675. The van der Waals surface area contributed by atoms with Gasteiger partial charge in [0.15, 0.2) is 11.6 Å². The van der Waals surface area contributed by atoms with E-state index in [1.165, 1.54) is 13.0 Å². The molecule has 1 atom stereocenters. The predicted molar refractivity (Wildman–Crippen MR) is 68.8 cm³/mol. The number of nitrogens with one attached hydrogen (secondary N) is 2. The Hall–Kier alpha value is -2.20. The summed E-state index contributed by atoms with van der Waals surface area (Å²) in [7, 11) is -4.24. The van der Waals surface area contributed by atoms with Crippen molar-refractivity contribution < 1.29 is 27.5 Å². The SMILES string of the molecule is C[C@@H](NS(=O)(=O)N1CC(=O)NC1=O)c1ccc(F)c(O)c1. The number of hydrogen-bond donors (Lipinski definition) is 3. The second-order valence-electron chi connectivity index (χ2n) is 4.42. The fourth-order valence-electron chi connectivity index (χ4n) is 1.77. The number of urea groups is 1. The number of phenols is 1. The zero-order chi connectivity index (χ0) is 15.8. The predicted octanol–water partition coefficient (Wildman–Crippen LogP) is -0.0215. The van der Waals surface area contributed by atoms with Crippen LogP contribution >= 0.6 is 0 Å². The van der Waals surface area contributed by atoms with Gasteiger partial charge in [-0.15, -0.1) is 0 Å². The van der Waals surface area contributed by atoms with Gasteiger partial charge in [-0.25, -0.2) is 9.18 Å². The Morgan fingerprint density at radius 1 is 1.43 bits per heavy atom. The van der Waals surface area contributed by atoms with Crippen LogP contribution in [0.4, 0.5) is 9.18 Å². The van der Waals surface area contributed by atoms with Crippen LogP contribution in [0.1, 0.15) is 18.5 Å². The third-order valence-corrected chi connectivity index (χ3v) is 4.37. The van der Waals surface area contributed by atoms with Crippen LogP contribution in [-0.2, 0) is 15.0 Å². The normalized spacial score (nSPS) is 17.0. The van der Waals surface area contributed by atoms with Crippen molar-refractivity contribution in [2.24, 2.45) is 0 Å². The van der Waals surface area contributed by atoms with E-state index in [4.69, 9.17) is 0 Å². The number of carbonyl (C=O) groups excluding carboxylic acids is 2. The maximum atomic E-state index is 13.0. The van der Waals surface area contributed by atoms with Gasteiger partial charge >= 0.3 is 16.2 Å². The minimum absolute atomic E-state index is 0.295. The fourth-order valence-corrected chi connectivity index (χ4v) is 3.03. The maximum absolute atomic E-state index is 13.0. The molecule has 0 bridgehead atoms. The minimum atomic E-state index is -4.24. The average molecular weight is 317 g/mol. The van der Waals surface area contributed by atoms with Crippen molar-refractivity contribution in [3.8, 4) is 5.75 Å². The molecule has 1 heterocycles. The highest BCUT2D eigenvalue weighted by atomic mass is 32.2. The van der Waals surface area contributed by atoms with E-state index in [0.717, 1.165) is 12.1 Å². The van der Waals surface area contributed by atoms with E-state index < -0.39 is 46.3 Å². The molecule has 21 heavy (non-hydrogen) atoms. The summed E-state index contributed by atoms with van der Waals surface area (Å²) >= 11 is 0. The van der Waals surface area contributed by atoms with Crippen LogP contribution < -0.4 is 10.0 Å². The molecule has 0 aromatic heterocycles. The summed E-state index contributed by atoms with van der Waals surface area (Å²) in [6, 6.07) is 1.46. The first kappa shape index (κ1) is 15.2. The molecule has 0 radical (unpaired) electrons. The highest BCUT2D eigenvalue weighted by Gasteiger charge is 2.37. The van der Waals surface area contributed by atoms with E-state index in [1.807, 2.05) is 5.32 Å². The molecule has 1 aliphatic heterocycles. The number of nitrogens with zero attached hydrogens (tertiary/aromatic N) is 1. The van der Waals surface area contributed by atoms with Crippen LogP contribution in [0.3, 0.4) is 0 Å². The van der Waals surface area contributed by atoms with Gasteiger partial charge in [0.1, 0.15) is 6.54 Å². The fraction of sp³-hybridized carbons (Fsp3) is 0.273.